The molecule has 1 aliphatic heterocycles. The number of rotatable bonds is 0. The molecule has 12 heavy (non-hydrogen) atoms. The van der Waals surface area contributed by atoms with Gasteiger partial charge in [-0.1, -0.05) is 0 Å². The maximum atomic E-state index is 8.93. The van der Waals surface area contributed by atoms with Crippen LogP contribution in [0, 0.1) is 35.0 Å². The predicted molar refractivity (Wildman–Crippen MR) is 45.2 cm³/mol. The van der Waals surface area contributed by atoms with E-state index in [9.17, 15) is 0 Å². The first-order chi connectivity index (χ1) is 5.90. The normalized spacial score (nSPS) is 55.4. The molecule has 0 aromatic rings. The molecule has 0 spiro atoms. The lowest BCUT2D eigenvalue weighted by Gasteiger charge is -2.24. The molecule has 1 saturated heterocycles. The molecule has 0 radical (unpaired) electrons. The summed E-state index contributed by atoms with van der Waals surface area (Å²) < 4.78 is 0. The predicted octanol–water partition coefficient (Wildman–Crippen LogP) is 1.14. The van der Waals surface area contributed by atoms with E-state index in [1.807, 2.05) is 0 Å². The van der Waals surface area contributed by atoms with Crippen molar-refractivity contribution < 1.29 is 0 Å². The Bertz CT molecular complexity index is 243. The topological polar surface area (TPSA) is 35.8 Å². The molecule has 3 rings (SSSR count). The number of nitriles is 1. The van der Waals surface area contributed by atoms with Crippen LogP contribution >= 0.6 is 0 Å². The minimum Gasteiger partial charge on any atom is -0.301 e. The molecule has 2 nitrogen and oxygen atoms in total. The zero-order chi connectivity index (χ0) is 8.13. The Balaban J connectivity index is 1.90. The number of fused-ring (bicyclic) bond motifs is 5. The minimum atomic E-state index is 0.185. The summed E-state index contributed by atoms with van der Waals surface area (Å²) in [7, 11) is 0. The number of hydrogen-bond acceptors (Lipinski definition) is 2. The molecule has 0 amide bonds. The molecule has 3 aliphatic rings. The molecule has 5 atom stereocenters. The van der Waals surface area contributed by atoms with Crippen LogP contribution in [0.3, 0.4) is 0 Å². The van der Waals surface area contributed by atoms with Gasteiger partial charge in [-0.2, -0.15) is 5.26 Å². The first kappa shape index (κ1) is 6.91. The van der Waals surface area contributed by atoms with Crippen LogP contribution in [-0.2, 0) is 0 Å². The molecule has 2 bridgehead atoms. The van der Waals surface area contributed by atoms with Gasteiger partial charge >= 0.3 is 0 Å². The highest BCUT2D eigenvalue weighted by Crippen LogP contribution is 2.55. The van der Waals surface area contributed by atoms with E-state index in [-0.39, 0.29) is 6.04 Å². The molecule has 5 unspecified atom stereocenters. The Morgan fingerprint density at radius 2 is 2.08 bits per heavy atom. The highest BCUT2D eigenvalue weighted by molar-refractivity contribution is 5.11. The van der Waals surface area contributed by atoms with Crippen molar-refractivity contribution in [2.24, 2.45) is 23.7 Å². The van der Waals surface area contributed by atoms with Crippen molar-refractivity contribution in [2.45, 2.75) is 25.3 Å². The summed E-state index contributed by atoms with van der Waals surface area (Å²) in [5.41, 5.74) is 0. The molecule has 64 valence electrons. The Morgan fingerprint density at radius 1 is 1.25 bits per heavy atom. The van der Waals surface area contributed by atoms with Crippen LogP contribution in [0.2, 0.25) is 0 Å². The van der Waals surface area contributed by atoms with Gasteiger partial charge < -0.3 is 5.32 Å². The van der Waals surface area contributed by atoms with Gasteiger partial charge in [0.25, 0.3) is 0 Å². The van der Waals surface area contributed by atoms with E-state index in [2.05, 4.69) is 11.4 Å². The lowest BCUT2D eigenvalue weighted by molar-refractivity contribution is 0.265. The quantitative estimate of drug-likeness (QED) is 0.580. The summed E-state index contributed by atoms with van der Waals surface area (Å²) in [4.78, 5) is 0. The number of nitrogens with one attached hydrogen (secondary N) is 1. The van der Waals surface area contributed by atoms with Gasteiger partial charge in [0.2, 0.25) is 0 Å². The van der Waals surface area contributed by atoms with Gasteiger partial charge in [-0.3, -0.25) is 0 Å². The largest absolute Gasteiger partial charge is 0.301 e. The lowest BCUT2D eigenvalue weighted by Crippen LogP contribution is -2.29. The second-order valence-electron chi connectivity index (χ2n) is 4.59. The summed E-state index contributed by atoms with van der Waals surface area (Å²) in [6, 6.07) is 2.59. The molecule has 1 heterocycles. The zero-order valence-corrected chi connectivity index (χ0v) is 7.16. The van der Waals surface area contributed by atoms with Gasteiger partial charge in [-0.05, 0) is 49.5 Å². The second-order valence-corrected chi connectivity index (χ2v) is 4.59. The first-order valence-electron chi connectivity index (χ1n) is 5.03. The summed E-state index contributed by atoms with van der Waals surface area (Å²) in [6.07, 6.45) is 4.26. The lowest BCUT2D eigenvalue weighted by atomic mass is 9.79. The molecule has 2 saturated carbocycles. The molecular formula is C10H14N2. The van der Waals surface area contributed by atoms with Crippen LogP contribution in [0.1, 0.15) is 19.3 Å². The fourth-order valence-electron chi connectivity index (χ4n) is 3.81. The van der Waals surface area contributed by atoms with Crippen molar-refractivity contribution >= 4 is 0 Å². The SMILES string of the molecule is N#CC1NCC2C3CCC(C3)C12. The van der Waals surface area contributed by atoms with E-state index in [1.54, 1.807) is 0 Å². The number of nitrogens with zero attached hydrogens (tertiary/aromatic N) is 1. The molecule has 2 aliphatic carbocycles. The van der Waals surface area contributed by atoms with Gasteiger partial charge in [0.15, 0.2) is 0 Å². The fourth-order valence-corrected chi connectivity index (χ4v) is 3.81. The second kappa shape index (κ2) is 2.23. The summed E-state index contributed by atoms with van der Waals surface area (Å²) in [5, 5.41) is 12.3. The average molecular weight is 162 g/mol. The molecule has 1 N–H and O–H groups in total. The third kappa shape index (κ3) is 0.682. The highest BCUT2D eigenvalue weighted by Gasteiger charge is 2.53. The maximum absolute atomic E-state index is 8.93. The van der Waals surface area contributed by atoms with Crippen LogP contribution in [0.15, 0.2) is 0 Å². The molecule has 3 fully saturated rings. The Hall–Kier alpha value is -0.550. The third-order valence-electron chi connectivity index (χ3n) is 4.26. The van der Waals surface area contributed by atoms with Crippen molar-refractivity contribution in [1.82, 2.24) is 5.32 Å². The molecule has 2 heteroatoms. The minimum absolute atomic E-state index is 0.185. The smallest absolute Gasteiger partial charge is 0.0987 e. The van der Waals surface area contributed by atoms with Crippen molar-refractivity contribution in [3.8, 4) is 6.07 Å². The van der Waals surface area contributed by atoms with E-state index in [4.69, 9.17) is 5.26 Å². The van der Waals surface area contributed by atoms with Crippen LogP contribution < -0.4 is 5.32 Å². The summed E-state index contributed by atoms with van der Waals surface area (Å²) in [6.45, 7) is 1.12. The van der Waals surface area contributed by atoms with Crippen LogP contribution in [0.4, 0.5) is 0 Å². The van der Waals surface area contributed by atoms with E-state index < -0.39 is 0 Å². The van der Waals surface area contributed by atoms with Gasteiger partial charge in [0.1, 0.15) is 0 Å². The van der Waals surface area contributed by atoms with Gasteiger partial charge in [-0.15, -0.1) is 0 Å². The van der Waals surface area contributed by atoms with Gasteiger partial charge in [-0.25, -0.2) is 0 Å². The van der Waals surface area contributed by atoms with Crippen LogP contribution in [0.5, 0.6) is 0 Å². The molecular weight excluding hydrogens is 148 g/mol. The van der Waals surface area contributed by atoms with Crippen molar-refractivity contribution in [1.29, 1.82) is 5.26 Å². The third-order valence-corrected chi connectivity index (χ3v) is 4.26. The van der Waals surface area contributed by atoms with Gasteiger partial charge in [0.05, 0.1) is 12.1 Å². The van der Waals surface area contributed by atoms with Crippen LogP contribution in [0.25, 0.3) is 0 Å². The zero-order valence-electron chi connectivity index (χ0n) is 7.16. The fraction of sp³-hybridized carbons (Fsp3) is 0.900. The molecule has 0 aromatic carbocycles. The van der Waals surface area contributed by atoms with E-state index >= 15 is 0 Å². The average Bonchev–Trinajstić information content (AvgIpc) is 2.76. The van der Waals surface area contributed by atoms with Gasteiger partial charge in [0, 0.05) is 0 Å². The van der Waals surface area contributed by atoms with E-state index in [0.717, 1.165) is 24.3 Å². The summed E-state index contributed by atoms with van der Waals surface area (Å²) >= 11 is 0. The van der Waals surface area contributed by atoms with Crippen molar-refractivity contribution in [3.63, 3.8) is 0 Å². The van der Waals surface area contributed by atoms with Crippen molar-refractivity contribution in [2.75, 3.05) is 6.54 Å². The summed E-state index contributed by atoms with van der Waals surface area (Å²) in [5.74, 6) is 3.42. The Kier molecular flexibility index (Phi) is 1.29. The Morgan fingerprint density at radius 3 is 2.92 bits per heavy atom. The standard InChI is InChI=1S/C10H14N2/c11-4-9-10-7-2-1-6(3-7)8(10)5-12-9/h6-10,12H,1-3,5H2. The van der Waals surface area contributed by atoms with E-state index in [1.165, 1.54) is 19.3 Å². The highest BCUT2D eigenvalue weighted by atomic mass is 15.0. The maximum Gasteiger partial charge on any atom is 0.0987 e. The van der Waals surface area contributed by atoms with Crippen molar-refractivity contribution in [3.05, 3.63) is 0 Å². The first-order valence-corrected chi connectivity index (χ1v) is 5.03. The monoisotopic (exact) mass is 162 g/mol. The number of hydrogen-bond donors (Lipinski definition) is 1. The van der Waals surface area contributed by atoms with E-state index in [0.29, 0.717) is 5.92 Å². The Labute approximate surface area is 72.9 Å². The van der Waals surface area contributed by atoms with Crippen LogP contribution in [-0.4, -0.2) is 12.6 Å². The molecule has 0 aromatic heterocycles.